The molecular weight excluding hydrogens is 276 g/mol. The summed E-state index contributed by atoms with van der Waals surface area (Å²) in [5.41, 5.74) is 1.64. The van der Waals surface area contributed by atoms with E-state index in [2.05, 4.69) is 43.4 Å². The van der Waals surface area contributed by atoms with Gasteiger partial charge in [0.15, 0.2) is 0 Å². The Balaban J connectivity index is 1.56. The normalized spacial score (nSPS) is 31.0. The largest absolute Gasteiger partial charge is 0.314 e. The number of hydrogen-bond acceptors (Lipinski definition) is 3. The van der Waals surface area contributed by atoms with Gasteiger partial charge >= 0.3 is 0 Å². The second kappa shape index (κ2) is 5.06. The molecule has 1 aromatic carbocycles. The number of nitrogens with zero attached hydrogens (tertiary/aromatic N) is 1. The van der Waals surface area contributed by atoms with Gasteiger partial charge in [0.25, 0.3) is 0 Å². The molecule has 2 aliphatic rings. The SMILES string of the molecule is CC(C)NCC1(Cc2nc3ccccc3s2)CC2CC2C1. The lowest BCUT2D eigenvalue weighted by Gasteiger charge is -2.31. The van der Waals surface area contributed by atoms with Crippen LogP contribution in [0.25, 0.3) is 10.2 Å². The highest BCUT2D eigenvalue weighted by atomic mass is 32.1. The van der Waals surface area contributed by atoms with Crippen LogP contribution in [-0.2, 0) is 6.42 Å². The molecule has 0 spiro atoms. The summed E-state index contributed by atoms with van der Waals surface area (Å²) in [6, 6.07) is 9.12. The van der Waals surface area contributed by atoms with Crippen LogP contribution in [0.2, 0.25) is 0 Å². The predicted octanol–water partition coefficient (Wildman–Crippen LogP) is 4.25. The van der Waals surface area contributed by atoms with Gasteiger partial charge in [0, 0.05) is 19.0 Å². The first-order valence-electron chi connectivity index (χ1n) is 8.21. The van der Waals surface area contributed by atoms with Gasteiger partial charge in [-0.05, 0) is 48.6 Å². The monoisotopic (exact) mass is 300 g/mol. The van der Waals surface area contributed by atoms with E-state index in [-0.39, 0.29) is 0 Å². The summed E-state index contributed by atoms with van der Waals surface area (Å²) >= 11 is 1.89. The molecular formula is C18H24N2S. The molecule has 2 aromatic rings. The number of thiazole rings is 1. The Labute approximate surface area is 131 Å². The lowest BCUT2D eigenvalue weighted by molar-refractivity contribution is 0.241. The van der Waals surface area contributed by atoms with Gasteiger partial charge in [-0.3, -0.25) is 0 Å². The first kappa shape index (κ1) is 13.7. The van der Waals surface area contributed by atoms with Crippen LogP contribution in [0.15, 0.2) is 24.3 Å². The summed E-state index contributed by atoms with van der Waals surface area (Å²) in [5.74, 6) is 2.04. The van der Waals surface area contributed by atoms with Crippen molar-refractivity contribution in [3.8, 4) is 0 Å². The minimum atomic E-state index is 0.464. The minimum Gasteiger partial charge on any atom is -0.314 e. The van der Waals surface area contributed by atoms with E-state index in [1.54, 1.807) is 0 Å². The Morgan fingerprint density at radius 1 is 1.29 bits per heavy atom. The van der Waals surface area contributed by atoms with Crippen LogP contribution in [0, 0.1) is 17.3 Å². The van der Waals surface area contributed by atoms with Gasteiger partial charge in [-0.25, -0.2) is 4.98 Å². The maximum atomic E-state index is 4.88. The predicted molar refractivity (Wildman–Crippen MR) is 89.7 cm³/mol. The third kappa shape index (κ3) is 2.74. The maximum absolute atomic E-state index is 4.88. The maximum Gasteiger partial charge on any atom is 0.0944 e. The molecule has 2 atom stereocenters. The Morgan fingerprint density at radius 3 is 2.76 bits per heavy atom. The Bertz CT molecular complexity index is 602. The van der Waals surface area contributed by atoms with Crippen LogP contribution in [0.1, 0.15) is 38.1 Å². The van der Waals surface area contributed by atoms with Crippen LogP contribution in [0.5, 0.6) is 0 Å². The first-order valence-corrected chi connectivity index (χ1v) is 9.03. The molecule has 2 saturated carbocycles. The Morgan fingerprint density at radius 2 is 2.05 bits per heavy atom. The number of hydrogen-bond donors (Lipinski definition) is 1. The van der Waals surface area contributed by atoms with E-state index >= 15 is 0 Å². The van der Waals surface area contributed by atoms with Gasteiger partial charge in [-0.15, -0.1) is 11.3 Å². The van der Waals surface area contributed by atoms with E-state index in [1.807, 2.05) is 11.3 Å². The summed E-state index contributed by atoms with van der Waals surface area (Å²) in [4.78, 5) is 4.88. The molecule has 1 aromatic heterocycles. The number of nitrogens with one attached hydrogen (secondary N) is 1. The van der Waals surface area contributed by atoms with Crippen LogP contribution in [-0.4, -0.2) is 17.6 Å². The molecule has 0 aliphatic heterocycles. The summed E-state index contributed by atoms with van der Waals surface area (Å²) in [6.45, 7) is 5.66. The van der Waals surface area contributed by atoms with Crippen LogP contribution in [0.4, 0.5) is 0 Å². The molecule has 0 amide bonds. The number of aromatic nitrogens is 1. The van der Waals surface area contributed by atoms with Crippen molar-refractivity contribution in [3.63, 3.8) is 0 Å². The molecule has 0 bridgehead atoms. The van der Waals surface area contributed by atoms with Gasteiger partial charge in [0.2, 0.25) is 0 Å². The lowest BCUT2D eigenvalue weighted by atomic mass is 9.79. The first-order chi connectivity index (χ1) is 10.1. The van der Waals surface area contributed by atoms with Crippen molar-refractivity contribution >= 4 is 21.6 Å². The molecule has 3 heteroatoms. The molecule has 2 fully saturated rings. The zero-order valence-electron chi connectivity index (χ0n) is 12.9. The van der Waals surface area contributed by atoms with Crippen molar-refractivity contribution in [2.75, 3.05) is 6.54 Å². The van der Waals surface area contributed by atoms with Gasteiger partial charge < -0.3 is 5.32 Å². The zero-order chi connectivity index (χ0) is 14.4. The van der Waals surface area contributed by atoms with Crippen LogP contribution >= 0.6 is 11.3 Å². The minimum absolute atomic E-state index is 0.464. The smallest absolute Gasteiger partial charge is 0.0944 e. The van der Waals surface area contributed by atoms with E-state index in [9.17, 15) is 0 Å². The van der Waals surface area contributed by atoms with Crippen LogP contribution in [0.3, 0.4) is 0 Å². The van der Waals surface area contributed by atoms with Crippen molar-refractivity contribution in [3.05, 3.63) is 29.3 Å². The topological polar surface area (TPSA) is 24.9 Å². The van der Waals surface area contributed by atoms with Gasteiger partial charge in [0.1, 0.15) is 0 Å². The van der Waals surface area contributed by atoms with Crippen molar-refractivity contribution in [1.29, 1.82) is 0 Å². The molecule has 1 N–H and O–H groups in total. The Kier molecular flexibility index (Phi) is 3.31. The molecule has 1 heterocycles. The van der Waals surface area contributed by atoms with Crippen molar-refractivity contribution < 1.29 is 0 Å². The highest BCUT2D eigenvalue weighted by molar-refractivity contribution is 7.18. The zero-order valence-corrected chi connectivity index (χ0v) is 13.7. The van der Waals surface area contributed by atoms with Gasteiger partial charge in [-0.2, -0.15) is 0 Å². The summed E-state index contributed by atoms with van der Waals surface area (Å²) < 4.78 is 1.34. The fraction of sp³-hybridized carbons (Fsp3) is 0.611. The third-order valence-corrected chi connectivity index (χ3v) is 6.25. The summed E-state index contributed by atoms with van der Waals surface area (Å²) in [5, 5.41) is 5.04. The number of fused-ring (bicyclic) bond motifs is 2. The molecule has 2 aliphatic carbocycles. The van der Waals surface area contributed by atoms with Gasteiger partial charge in [-0.1, -0.05) is 26.0 Å². The summed E-state index contributed by atoms with van der Waals surface area (Å²) in [7, 11) is 0. The molecule has 0 saturated heterocycles. The molecule has 112 valence electrons. The van der Waals surface area contributed by atoms with E-state index in [0.717, 1.165) is 18.4 Å². The summed E-state index contributed by atoms with van der Waals surface area (Å²) in [6.07, 6.45) is 5.48. The lowest BCUT2D eigenvalue weighted by Crippen LogP contribution is -2.38. The highest BCUT2D eigenvalue weighted by Crippen LogP contribution is 2.60. The molecule has 21 heavy (non-hydrogen) atoms. The average molecular weight is 300 g/mol. The quantitative estimate of drug-likeness (QED) is 0.892. The fourth-order valence-corrected chi connectivity index (χ4v) is 5.24. The van der Waals surface area contributed by atoms with Crippen molar-refractivity contribution in [2.45, 2.75) is 45.6 Å². The fourth-order valence-electron chi connectivity index (χ4n) is 4.09. The standard InChI is InChI=1S/C18H24N2S/c1-12(2)19-11-18(8-13-7-14(13)9-18)10-17-20-15-5-3-4-6-16(15)21-17/h3-6,12-14,19H,7-11H2,1-2H3. The highest BCUT2D eigenvalue weighted by Gasteiger charge is 2.53. The molecule has 2 unspecified atom stereocenters. The number of benzene rings is 1. The number of para-hydroxylation sites is 1. The second-order valence-electron chi connectivity index (χ2n) is 7.45. The molecule has 0 radical (unpaired) electrons. The molecule has 4 rings (SSSR count). The van der Waals surface area contributed by atoms with Crippen LogP contribution < -0.4 is 5.32 Å². The molecule has 2 nitrogen and oxygen atoms in total. The average Bonchev–Trinajstić information content (AvgIpc) is 2.90. The second-order valence-corrected chi connectivity index (χ2v) is 8.57. The van der Waals surface area contributed by atoms with E-state index in [1.165, 1.54) is 40.9 Å². The van der Waals surface area contributed by atoms with Crippen molar-refractivity contribution in [1.82, 2.24) is 10.3 Å². The number of rotatable bonds is 5. The Hall–Kier alpha value is -0.930. The van der Waals surface area contributed by atoms with E-state index < -0.39 is 0 Å². The van der Waals surface area contributed by atoms with Crippen molar-refractivity contribution in [2.24, 2.45) is 17.3 Å². The van der Waals surface area contributed by atoms with E-state index in [0.29, 0.717) is 11.5 Å². The van der Waals surface area contributed by atoms with E-state index in [4.69, 9.17) is 4.98 Å². The third-order valence-electron chi connectivity index (χ3n) is 5.21. The van der Waals surface area contributed by atoms with Gasteiger partial charge in [0.05, 0.1) is 15.2 Å².